The van der Waals surface area contributed by atoms with E-state index >= 15 is 0 Å². The molecule has 0 unspecified atom stereocenters. The molecule has 110 valence electrons. The number of hydrogen-bond donors (Lipinski definition) is 0. The molecule has 0 bridgehead atoms. The van der Waals surface area contributed by atoms with Gasteiger partial charge >= 0.3 is 0 Å². The molecule has 0 aliphatic rings. The largest absolute Gasteiger partial charge is 0.0979 e. The van der Waals surface area contributed by atoms with Crippen molar-refractivity contribution in [3.8, 4) is 11.8 Å². The van der Waals surface area contributed by atoms with Gasteiger partial charge in [0.1, 0.15) is 0 Å². The molecule has 1 aromatic rings. The second-order valence-electron chi connectivity index (χ2n) is 5.56. The summed E-state index contributed by atoms with van der Waals surface area (Å²) in [5.74, 6) is 6.78. The van der Waals surface area contributed by atoms with E-state index in [4.69, 9.17) is 0 Å². The van der Waals surface area contributed by atoms with Gasteiger partial charge in [-0.3, -0.25) is 0 Å². The van der Waals surface area contributed by atoms with Gasteiger partial charge in [-0.25, -0.2) is 0 Å². The van der Waals surface area contributed by atoms with Crippen LogP contribution in [0.4, 0.5) is 0 Å². The maximum absolute atomic E-state index is 3.42. The van der Waals surface area contributed by atoms with Gasteiger partial charge in [0.15, 0.2) is 0 Å². The Morgan fingerprint density at radius 2 is 1.55 bits per heavy atom. The van der Waals surface area contributed by atoms with Crippen molar-refractivity contribution < 1.29 is 0 Å². The Bertz CT molecular complexity index is 431. The molecule has 0 N–H and O–H groups in total. The van der Waals surface area contributed by atoms with Gasteiger partial charge in [-0.2, -0.15) is 0 Å². The first kappa shape index (κ1) is 16.8. The van der Waals surface area contributed by atoms with Crippen LogP contribution in [0.5, 0.6) is 0 Å². The van der Waals surface area contributed by atoms with E-state index in [1.54, 1.807) is 0 Å². The molecule has 0 aromatic heterocycles. The third-order valence-corrected chi connectivity index (χ3v) is 3.73. The zero-order valence-electron chi connectivity index (χ0n) is 13.6. The van der Waals surface area contributed by atoms with E-state index in [1.165, 1.54) is 68.1 Å². The molecule has 0 amide bonds. The summed E-state index contributed by atoms with van der Waals surface area (Å²) < 4.78 is 0. The zero-order chi connectivity index (χ0) is 14.6. The lowest BCUT2D eigenvalue weighted by Gasteiger charge is -2.11. The lowest BCUT2D eigenvalue weighted by molar-refractivity contribution is 0.757. The minimum absolute atomic E-state index is 1.03. The monoisotopic (exact) mass is 270 g/mol. The highest BCUT2D eigenvalue weighted by Gasteiger charge is 2.06. The van der Waals surface area contributed by atoms with Gasteiger partial charge in [-0.15, -0.1) is 0 Å². The Morgan fingerprint density at radius 1 is 0.850 bits per heavy atom. The standard InChI is InChI=1S/C20H30/c1-4-7-10-11-14-19-16-12-15-18(13-8-5-2)20(19)17-9-6-3/h12,15-16H,4-10,13,17H2,1-3H3. The summed E-state index contributed by atoms with van der Waals surface area (Å²) in [7, 11) is 0. The Morgan fingerprint density at radius 3 is 2.25 bits per heavy atom. The predicted octanol–water partition coefficient (Wildman–Crippen LogP) is 5.91. The highest BCUT2D eigenvalue weighted by Crippen LogP contribution is 2.19. The zero-order valence-corrected chi connectivity index (χ0v) is 13.6. The Balaban J connectivity index is 2.91. The van der Waals surface area contributed by atoms with E-state index in [0.29, 0.717) is 0 Å². The van der Waals surface area contributed by atoms with Crippen LogP contribution < -0.4 is 0 Å². The summed E-state index contributed by atoms with van der Waals surface area (Å²) in [5, 5.41) is 0. The topological polar surface area (TPSA) is 0 Å². The highest BCUT2D eigenvalue weighted by atomic mass is 14.1. The average Bonchev–Trinajstić information content (AvgIpc) is 2.48. The third-order valence-electron chi connectivity index (χ3n) is 3.73. The van der Waals surface area contributed by atoms with Crippen molar-refractivity contribution in [3.63, 3.8) is 0 Å². The van der Waals surface area contributed by atoms with Gasteiger partial charge in [0.05, 0.1) is 0 Å². The Kier molecular flexibility index (Phi) is 8.88. The van der Waals surface area contributed by atoms with Gasteiger partial charge in [0.2, 0.25) is 0 Å². The average molecular weight is 270 g/mol. The van der Waals surface area contributed by atoms with Crippen LogP contribution in [0.15, 0.2) is 18.2 Å². The molecule has 0 fully saturated rings. The van der Waals surface area contributed by atoms with Crippen molar-refractivity contribution >= 4 is 0 Å². The maximum Gasteiger partial charge on any atom is 0.0280 e. The first-order valence-electron chi connectivity index (χ1n) is 8.43. The molecule has 1 rings (SSSR count). The van der Waals surface area contributed by atoms with Crippen molar-refractivity contribution in [2.24, 2.45) is 0 Å². The molecule has 1 aromatic carbocycles. The van der Waals surface area contributed by atoms with E-state index in [9.17, 15) is 0 Å². The van der Waals surface area contributed by atoms with Crippen LogP contribution in [0.1, 0.15) is 82.4 Å². The predicted molar refractivity (Wildman–Crippen MR) is 90.1 cm³/mol. The molecule has 0 radical (unpaired) electrons. The first-order chi connectivity index (χ1) is 9.83. The van der Waals surface area contributed by atoms with E-state index < -0.39 is 0 Å². The van der Waals surface area contributed by atoms with E-state index in [0.717, 1.165) is 6.42 Å². The normalized spacial score (nSPS) is 10.2. The molecular weight excluding hydrogens is 240 g/mol. The smallest absolute Gasteiger partial charge is 0.0280 e. The van der Waals surface area contributed by atoms with Crippen molar-refractivity contribution in [3.05, 3.63) is 34.9 Å². The molecule has 0 aliphatic carbocycles. The van der Waals surface area contributed by atoms with Gasteiger partial charge in [-0.1, -0.05) is 64.0 Å². The van der Waals surface area contributed by atoms with Crippen LogP contribution in [0.25, 0.3) is 0 Å². The van der Waals surface area contributed by atoms with Crippen LogP contribution in [0.3, 0.4) is 0 Å². The minimum Gasteiger partial charge on any atom is -0.0979 e. The molecule has 0 atom stereocenters. The molecule has 0 saturated carbocycles. The summed E-state index contributed by atoms with van der Waals surface area (Å²) >= 11 is 0. The van der Waals surface area contributed by atoms with Gasteiger partial charge in [0, 0.05) is 12.0 Å². The number of rotatable bonds is 8. The molecule has 0 heteroatoms. The molecule has 20 heavy (non-hydrogen) atoms. The van der Waals surface area contributed by atoms with E-state index in [-0.39, 0.29) is 0 Å². The second-order valence-corrected chi connectivity index (χ2v) is 5.56. The van der Waals surface area contributed by atoms with E-state index in [2.05, 4.69) is 50.8 Å². The molecule has 0 spiro atoms. The maximum atomic E-state index is 3.42. The van der Waals surface area contributed by atoms with Crippen LogP contribution in [0.2, 0.25) is 0 Å². The van der Waals surface area contributed by atoms with Gasteiger partial charge in [-0.05, 0) is 49.3 Å². The van der Waals surface area contributed by atoms with Crippen LogP contribution >= 0.6 is 0 Å². The van der Waals surface area contributed by atoms with Crippen molar-refractivity contribution in [2.75, 3.05) is 0 Å². The minimum atomic E-state index is 1.03. The van der Waals surface area contributed by atoms with Crippen LogP contribution in [-0.4, -0.2) is 0 Å². The summed E-state index contributed by atoms with van der Waals surface area (Å²) in [6, 6.07) is 6.70. The molecule has 0 aliphatic heterocycles. The van der Waals surface area contributed by atoms with Gasteiger partial charge < -0.3 is 0 Å². The summed E-state index contributed by atoms with van der Waals surface area (Å²) in [6.07, 6.45) is 10.9. The molecule has 0 heterocycles. The first-order valence-corrected chi connectivity index (χ1v) is 8.43. The Hall–Kier alpha value is -1.22. The van der Waals surface area contributed by atoms with Crippen molar-refractivity contribution in [1.29, 1.82) is 0 Å². The third kappa shape index (κ3) is 5.83. The number of aryl methyl sites for hydroxylation is 1. The quantitative estimate of drug-likeness (QED) is 0.406. The summed E-state index contributed by atoms with van der Waals surface area (Å²) in [5.41, 5.74) is 4.33. The van der Waals surface area contributed by atoms with E-state index in [1.807, 2.05) is 0 Å². The summed E-state index contributed by atoms with van der Waals surface area (Å²) in [6.45, 7) is 6.75. The molecule has 0 nitrogen and oxygen atoms in total. The SMILES string of the molecule is CCCCC#Cc1cccc(CCCC)c1CCCC. The van der Waals surface area contributed by atoms with Crippen LogP contribution in [0, 0.1) is 11.8 Å². The number of hydrogen-bond acceptors (Lipinski definition) is 0. The molecule has 0 saturated heterocycles. The highest BCUT2D eigenvalue weighted by molar-refractivity contribution is 5.46. The number of unbranched alkanes of at least 4 members (excludes halogenated alkanes) is 4. The lowest BCUT2D eigenvalue weighted by atomic mass is 9.93. The fourth-order valence-corrected chi connectivity index (χ4v) is 2.42. The lowest BCUT2D eigenvalue weighted by Crippen LogP contribution is -1.98. The Labute approximate surface area is 126 Å². The van der Waals surface area contributed by atoms with Crippen LogP contribution in [-0.2, 0) is 12.8 Å². The van der Waals surface area contributed by atoms with Crippen molar-refractivity contribution in [2.45, 2.75) is 78.6 Å². The fraction of sp³-hybridized carbons (Fsp3) is 0.600. The fourth-order valence-electron chi connectivity index (χ4n) is 2.42. The second kappa shape index (κ2) is 10.6. The number of benzene rings is 1. The van der Waals surface area contributed by atoms with Gasteiger partial charge in [0.25, 0.3) is 0 Å². The van der Waals surface area contributed by atoms with Crippen molar-refractivity contribution in [1.82, 2.24) is 0 Å². The molecular formula is C20H30. The summed E-state index contributed by atoms with van der Waals surface area (Å²) in [4.78, 5) is 0.